The van der Waals surface area contributed by atoms with Crippen molar-refractivity contribution < 1.29 is 14.7 Å². The van der Waals surface area contributed by atoms with E-state index in [4.69, 9.17) is 5.11 Å². The van der Waals surface area contributed by atoms with Gasteiger partial charge in [-0.15, -0.1) is 0 Å². The number of hydrogen-bond acceptors (Lipinski definition) is 3. The molecule has 0 aromatic heterocycles. The summed E-state index contributed by atoms with van der Waals surface area (Å²) in [6.45, 7) is 5.35. The standard InChI is InChI=1S/C9H17NO3S/c1-9(2,3)7(8(12)13)10-6(11)5-14-4/h7H,5H2,1-4H3,(H,10,11)(H,12,13). The zero-order chi connectivity index (χ0) is 11.4. The van der Waals surface area contributed by atoms with Crippen molar-refractivity contribution in [2.24, 2.45) is 5.41 Å². The minimum Gasteiger partial charge on any atom is -0.480 e. The van der Waals surface area contributed by atoms with Crippen molar-refractivity contribution in [3.8, 4) is 0 Å². The zero-order valence-corrected chi connectivity index (χ0v) is 9.77. The number of aliphatic carboxylic acids is 1. The van der Waals surface area contributed by atoms with Crippen molar-refractivity contribution in [1.82, 2.24) is 5.32 Å². The fourth-order valence-electron chi connectivity index (χ4n) is 0.982. The van der Waals surface area contributed by atoms with Gasteiger partial charge in [-0.3, -0.25) is 4.79 Å². The van der Waals surface area contributed by atoms with Gasteiger partial charge in [0.1, 0.15) is 6.04 Å². The van der Waals surface area contributed by atoms with Crippen molar-refractivity contribution in [3.63, 3.8) is 0 Å². The van der Waals surface area contributed by atoms with E-state index in [-0.39, 0.29) is 5.91 Å². The maximum atomic E-state index is 11.2. The molecule has 0 aliphatic rings. The first-order valence-electron chi connectivity index (χ1n) is 4.30. The molecule has 0 aromatic rings. The predicted octanol–water partition coefficient (Wildman–Crippen LogP) is 0.965. The first kappa shape index (κ1) is 13.3. The smallest absolute Gasteiger partial charge is 0.326 e. The van der Waals surface area contributed by atoms with Gasteiger partial charge >= 0.3 is 5.97 Å². The van der Waals surface area contributed by atoms with Crippen LogP contribution in [0.4, 0.5) is 0 Å². The average molecular weight is 219 g/mol. The van der Waals surface area contributed by atoms with Gasteiger partial charge in [-0.05, 0) is 11.7 Å². The highest BCUT2D eigenvalue weighted by atomic mass is 32.2. The molecule has 5 heteroatoms. The van der Waals surface area contributed by atoms with Crippen LogP contribution >= 0.6 is 11.8 Å². The molecular formula is C9H17NO3S. The monoisotopic (exact) mass is 219 g/mol. The molecule has 1 atom stereocenters. The molecule has 14 heavy (non-hydrogen) atoms. The SMILES string of the molecule is CSCC(=O)NC(C(=O)O)C(C)(C)C. The number of carboxylic acid groups (broad SMARTS) is 1. The van der Waals surface area contributed by atoms with E-state index >= 15 is 0 Å². The van der Waals surface area contributed by atoms with Gasteiger partial charge in [0.05, 0.1) is 5.75 Å². The predicted molar refractivity (Wildman–Crippen MR) is 57.4 cm³/mol. The third-order valence-electron chi connectivity index (χ3n) is 1.69. The normalized spacial score (nSPS) is 13.4. The molecule has 1 unspecified atom stereocenters. The highest BCUT2D eigenvalue weighted by Gasteiger charge is 2.32. The van der Waals surface area contributed by atoms with Gasteiger partial charge in [-0.1, -0.05) is 20.8 Å². The Morgan fingerprint density at radius 1 is 1.43 bits per heavy atom. The Balaban J connectivity index is 4.40. The second kappa shape index (κ2) is 5.24. The molecule has 0 saturated carbocycles. The molecule has 0 radical (unpaired) electrons. The molecule has 1 amide bonds. The number of rotatable bonds is 4. The average Bonchev–Trinajstić information content (AvgIpc) is 1.98. The van der Waals surface area contributed by atoms with E-state index in [2.05, 4.69) is 5.32 Å². The third kappa shape index (κ3) is 4.50. The van der Waals surface area contributed by atoms with E-state index in [1.165, 1.54) is 11.8 Å². The Morgan fingerprint density at radius 3 is 2.21 bits per heavy atom. The van der Waals surface area contributed by atoms with Gasteiger partial charge < -0.3 is 10.4 Å². The minimum atomic E-state index is -0.994. The summed E-state index contributed by atoms with van der Waals surface area (Å²) in [5, 5.41) is 11.4. The fraction of sp³-hybridized carbons (Fsp3) is 0.778. The molecule has 0 spiro atoms. The number of nitrogens with one attached hydrogen (secondary N) is 1. The lowest BCUT2D eigenvalue weighted by Crippen LogP contribution is -2.49. The quantitative estimate of drug-likeness (QED) is 0.739. The summed E-state index contributed by atoms with van der Waals surface area (Å²) in [6.07, 6.45) is 1.80. The van der Waals surface area contributed by atoms with Gasteiger partial charge in [-0.2, -0.15) is 11.8 Å². The van der Waals surface area contributed by atoms with E-state index in [9.17, 15) is 9.59 Å². The number of thioether (sulfide) groups is 1. The van der Waals surface area contributed by atoms with Gasteiger partial charge in [0.2, 0.25) is 5.91 Å². The van der Waals surface area contributed by atoms with Crippen LogP contribution in [0.25, 0.3) is 0 Å². The number of carboxylic acids is 1. The molecule has 0 aliphatic carbocycles. The molecular weight excluding hydrogens is 202 g/mol. The van der Waals surface area contributed by atoms with E-state index < -0.39 is 17.4 Å². The van der Waals surface area contributed by atoms with Crippen molar-refractivity contribution in [2.45, 2.75) is 26.8 Å². The lowest BCUT2D eigenvalue weighted by atomic mass is 9.87. The second-order valence-electron chi connectivity index (χ2n) is 4.14. The summed E-state index contributed by atoms with van der Waals surface area (Å²) < 4.78 is 0. The van der Waals surface area contributed by atoms with Crippen molar-refractivity contribution in [3.05, 3.63) is 0 Å². The van der Waals surface area contributed by atoms with Crippen LogP contribution in [0.5, 0.6) is 0 Å². The molecule has 0 fully saturated rings. The van der Waals surface area contributed by atoms with Crippen molar-refractivity contribution in [1.29, 1.82) is 0 Å². The molecule has 0 heterocycles. The molecule has 0 rings (SSSR count). The third-order valence-corrected chi connectivity index (χ3v) is 2.24. The Kier molecular flexibility index (Phi) is 4.97. The van der Waals surface area contributed by atoms with Crippen LogP contribution in [-0.2, 0) is 9.59 Å². The Hall–Kier alpha value is -0.710. The van der Waals surface area contributed by atoms with E-state index in [0.717, 1.165) is 0 Å². The Bertz CT molecular complexity index is 223. The van der Waals surface area contributed by atoms with Crippen LogP contribution in [0.1, 0.15) is 20.8 Å². The van der Waals surface area contributed by atoms with Crippen LogP contribution in [0.2, 0.25) is 0 Å². The molecule has 2 N–H and O–H groups in total. The summed E-state index contributed by atoms with van der Waals surface area (Å²) in [4.78, 5) is 22.1. The summed E-state index contributed by atoms with van der Waals surface area (Å²) in [7, 11) is 0. The summed E-state index contributed by atoms with van der Waals surface area (Å²) in [5.41, 5.74) is -0.472. The maximum absolute atomic E-state index is 11.2. The zero-order valence-electron chi connectivity index (χ0n) is 8.96. The fourth-order valence-corrected chi connectivity index (χ4v) is 1.33. The van der Waals surface area contributed by atoms with Crippen LogP contribution in [-0.4, -0.2) is 35.0 Å². The Morgan fingerprint density at radius 2 is 1.93 bits per heavy atom. The Labute approximate surface area is 88.4 Å². The maximum Gasteiger partial charge on any atom is 0.326 e. The van der Waals surface area contributed by atoms with Crippen LogP contribution < -0.4 is 5.32 Å². The summed E-state index contributed by atoms with van der Waals surface area (Å²) in [6, 6.07) is -0.831. The molecule has 4 nitrogen and oxygen atoms in total. The number of amides is 1. The number of hydrogen-bond donors (Lipinski definition) is 2. The second-order valence-corrected chi connectivity index (χ2v) is 5.00. The van der Waals surface area contributed by atoms with Crippen molar-refractivity contribution in [2.75, 3.05) is 12.0 Å². The van der Waals surface area contributed by atoms with E-state index in [1.807, 2.05) is 0 Å². The van der Waals surface area contributed by atoms with E-state index in [0.29, 0.717) is 5.75 Å². The molecule has 0 bridgehead atoms. The first-order chi connectivity index (χ1) is 6.29. The van der Waals surface area contributed by atoms with Crippen LogP contribution in [0.3, 0.4) is 0 Å². The largest absolute Gasteiger partial charge is 0.480 e. The number of carbonyl (C=O) groups is 2. The van der Waals surface area contributed by atoms with E-state index in [1.54, 1.807) is 27.0 Å². The van der Waals surface area contributed by atoms with Gasteiger partial charge in [0.25, 0.3) is 0 Å². The molecule has 0 aromatic carbocycles. The van der Waals surface area contributed by atoms with Crippen molar-refractivity contribution >= 4 is 23.6 Å². The minimum absolute atomic E-state index is 0.236. The molecule has 0 saturated heterocycles. The van der Waals surface area contributed by atoms with Gasteiger partial charge in [0.15, 0.2) is 0 Å². The van der Waals surface area contributed by atoms with Gasteiger partial charge in [0, 0.05) is 0 Å². The van der Waals surface area contributed by atoms with Gasteiger partial charge in [-0.25, -0.2) is 4.79 Å². The van der Waals surface area contributed by atoms with Crippen LogP contribution in [0.15, 0.2) is 0 Å². The number of carbonyl (C=O) groups excluding carboxylic acids is 1. The summed E-state index contributed by atoms with van der Waals surface area (Å²) >= 11 is 1.37. The lowest BCUT2D eigenvalue weighted by Gasteiger charge is -2.27. The molecule has 0 aliphatic heterocycles. The highest BCUT2D eigenvalue weighted by molar-refractivity contribution is 7.99. The lowest BCUT2D eigenvalue weighted by molar-refractivity contribution is -0.144. The van der Waals surface area contributed by atoms with Crippen LogP contribution in [0, 0.1) is 5.41 Å². The highest BCUT2D eigenvalue weighted by Crippen LogP contribution is 2.19. The summed E-state index contributed by atoms with van der Waals surface area (Å²) in [5.74, 6) is -0.938. The molecule has 82 valence electrons. The topological polar surface area (TPSA) is 66.4 Å². The first-order valence-corrected chi connectivity index (χ1v) is 5.69.